The van der Waals surface area contributed by atoms with Crippen molar-refractivity contribution in [1.82, 2.24) is 19.7 Å². The van der Waals surface area contributed by atoms with Crippen molar-refractivity contribution >= 4 is 5.82 Å². The molecule has 6 nitrogen and oxygen atoms in total. The molecule has 3 aromatic rings. The summed E-state index contributed by atoms with van der Waals surface area (Å²) in [7, 11) is 0. The topological polar surface area (TPSA) is 82.8 Å². The maximum atomic E-state index is 13.1. The molecule has 0 aliphatic rings. The number of hydrogen-bond donors (Lipinski definition) is 1. The standard InChI is InChI=1S/C12H8F3N5O/c13-12(14,15)9-8(7-3-1-6-21-7)10(16)20(19-9)11-17-4-2-5-18-11/h1-6H,16H2. The van der Waals surface area contributed by atoms with Crippen molar-refractivity contribution in [2.45, 2.75) is 6.18 Å². The second-order valence-corrected chi connectivity index (χ2v) is 4.04. The van der Waals surface area contributed by atoms with Gasteiger partial charge in [-0.25, -0.2) is 9.97 Å². The molecule has 9 heteroatoms. The van der Waals surface area contributed by atoms with Gasteiger partial charge in [0.1, 0.15) is 11.6 Å². The summed E-state index contributed by atoms with van der Waals surface area (Å²) in [5, 5.41) is 3.49. The summed E-state index contributed by atoms with van der Waals surface area (Å²) in [5.41, 5.74) is 4.30. The minimum Gasteiger partial charge on any atom is -0.464 e. The van der Waals surface area contributed by atoms with Crippen molar-refractivity contribution in [2.24, 2.45) is 0 Å². The Morgan fingerprint density at radius 3 is 2.43 bits per heavy atom. The first-order valence-corrected chi connectivity index (χ1v) is 5.75. The van der Waals surface area contributed by atoms with E-state index in [-0.39, 0.29) is 23.1 Å². The van der Waals surface area contributed by atoms with Gasteiger partial charge >= 0.3 is 6.18 Å². The average molecular weight is 295 g/mol. The Morgan fingerprint density at radius 2 is 1.86 bits per heavy atom. The van der Waals surface area contributed by atoms with E-state index >= 15 is 0 Å². The number of alkyl halides is 3. The molecule has 0 aliphatic heterocycles. The second kappa shape index (κ2) is 4.62. The number of furan rings is 1. The summed E-state index contributed by atoms with van der Waals surface area (Å²) in [5.74, 6) is -0.330. The molecule has 0 amide bonds. The minimum atomic E-state index is -4.68. The lowest BCUT2D eigenvalue weighted by atomic mass is 10.2. The molecule has 2 N–H and O–H groups in total. The maximum Gasteiger partial charge on any atom is 0.436 e. The highest BCUT2D eigenvalue weighted by atomic mass is 19.4. The van der Waals surface area contributed by atoms with Gasteiger partial charge in [0.15, 0.2) is 5.69 Å². The number of hydrogen-bond acceptors (Lipinski definition) is 5. The van der Waals surface area contributed by atoms with E-state index in [2.05, 4.69) is 15.1 Å². The van der Waals surface area contributed by atoms with Crippen molar-refractivity contribution in [3.8, 4) is 17.3 Å². The van der Waals surface area contributed by atoms with Gasteiger partial charge in [-0.1, -0.05) is 0 Å². The molecule has 0 aliphatic carbocycles. The Kier molecular flexibility index (Phi) is 2.89. The lowest BCUT2D eigenvalue weighted by Gasteiger charge is -2.04. The molecule has 0 fully saturated rings. The number of anilines is 1. The average Bonchev–Trinajstić information content (AvgIpc) is 3.06. The summed E-state index contributed by atoms with van der Waals surface area (Å²) in [6, 6.07) is 4.37. The van der Waals surface area contributed by atoms with Crippen LogP contribution in [-0.2, 0) is 6.18 Å². The van der Waals surface area contributed by atoms with Crippen LogP contribution in [0, 0.1) is 0 Å². The highest BCUT2D eigenvalue weighted by Crippen LogP contribution is 2.40. The fourth-order valence-electron chi connectivity index (χ4n) is 1.85. The van der Waals surface area contributed by atoms with Gasteiger partial charge in [-0.2, -0.15) is 23.0 Å². The molecule has 0 radical (unpaired) electrons. The van der Waals surface area contributed by atoms with Gasteiger partial charge in [0, 0.05) is 12.4 Å². The first kappa shape index (κ1) is 13.2. The normalized spacial score (nSPS) is 11.8. The van der Waals surface area contributed by atoms with Crippen molar-refractivity contribution < 1.29 is 17.6 Å². The van der Waals surface area contributed by atoms with Crippen molar-refractivity contribution in [3.63, 3.8) is 0 Å². The van der Waals surface area contributed by atoms with Crippen LogP contribution in [0.1, 0.15) is 5.69 Å². The molecule has 3 heterocycles. The number of rotatable bonds is 2. The third-order valence-corrected chi connectivity index (χ3v) is 2.70. The second-order valence-electron chi connectivity index (χ2n) is 4.04. The molecule has 3 rings (SSSR count). The predicted molar refractivity (Wildman–Crippen MR) is 66.3 cm³/mol. The van der Waals surface area contributed by atoms with Crippen LogP contribution in [0.15, 0.2) is 41.3 Å². The largest absolute Gasteiger partial charge is 0.464 e. The van der Waals surface area contributed by atoms with Crippen LogP contribution in [0.3, 0.4) is 0 Å². The van der Waals surface area contributed by atoms with Crippen LogP contribution < -0.4 is 5.73 Å². The Bertz CT molecular complexity index is 749. The Balaban J connectivity index is 2.26. The van der Waals surface area contributed by atoms with E-state index in [9.17, 15) is 13.2 Å². The zero-order valence-electron chi connectivity index (χ0n) is 10.4. The van der Waals surface area contributed by atoms with E-state index in [0.717, 1.165) is 4.68 Å². The van der Waals surface area contributed by atoms with Crippen LogP contribution in [0.5, 0.6) is 0 Å². The Morgan fingerprint density at radius 1 is 1.14 bits per heavy atom. The molecule has 0 aromatic carbocycles. The SMILES string of the molecule is Nc1c(-c2ccco2)c(C(F)(F)F)nn1-c1ncccn1. The van der Waals surface area contributed by atoms with Gasteiger partial charge in [0.05, 0.1) is 11.8 Å². The molecule has 0 bridgehead atoms. The minimum absolute atomic E-state index is 0.0259. The summed E-state index contributed by atoms with van der Waals surface area (Å²) < 4.78 is 45.3. The van der Waals surface area contributed by atoms with E-state index in [1.807, 2.05) is 0 Å². The molecular formula is C12H8F3N5O. The first-order valence-electron chi connectivity index (χ1n) is 5.75. The van der Waals surface area contributed by atoms with Crippen molar-refractivity contribution in [3.05, 3.63) is 42.5 Å². The van der Waals surface area contributed by atoms with Crippen LogP contribution in [-0.4, -0.2) is 19.7 Å². The van der Waals surface area contributed by atoms with E-state index in [0.29, 0.717) is 0 Å². The van der Waals surface area contributed by atoms with Gasteiger partial charge in [0.25, 0.3) is 5.95 Å². The van der Waals surface area contributed by atoms with Crippen LogP contribution in [0.2, 0.25) is 0 Å². The Hall–Kier alpha value is -2.84. The fraction of sp³-hybridized carbons (Fsp3) is 0.0833. The van der Waals surface area contributed by atoms with E-state index in [1.165, 1.54) is 36.9 Å². The van der Waals surface area contributed by atoms with Crippen LogP contribution >= 0.6 is 0 Å². The number of nitrogens with two attached hydrogens (primary N) is 1. The zero-order chi connectivity index (χ0) is 15.0. The molecule has 3 aromatic heterocycles. The molecule has 0 unspecified atom stereocenters. The van der Waals surface area contributed by atoms with Crippen LogP contribution in [0.25, 0.3) is 17.3 Å². The third-order valence-electron chi connectivity index (χ3n) is 2.70. The van der Waals surface area contributed by atoms with E-state index in [1.54, 1.807) is 0 Å². The van der Waals surface area contributed by atoms with Gasteiger partial charge in [0.2, 0.25) is 0 Å². The first-order chi connectivity index (χ1) is 9.98. The summed E-state index contributed by atoms with van der Waals surface area (Å²) >= 11 is 0. The van der Waals surface area contributed by atoms with Crippen molar-refractivity contribution in [1.29, 1.82) is 0 Å². The number of nitrogen functional groups attached to an aromatic ring is 1. The third kappa shape index (κ3) is 2.22. The molecule has 21 heavy (non-hydrogen) atoms. The van der Waals surface area contributed by atoms with Gasteiger partial charge in [-0.05, 0) is 18.2 Å². The van der Waals surface area contributed by atoms with Gasteiger partial charge < -0.3 is 10.2 Å². The lowest BCUT2D eigenvalue weighted by Crippen LogP contribution is -2.09. The van der Waals surface area contributed by atoms with Gasteiger partial charge in [-0.15, -0.1) is 0 Å². The highest BCUT2D eigenvalue weighted by Gasteiger charge is 2.40. The van der Waals surface area contributed by atoms with E-state index in [4.69, 9.17) is 10.2 Å². The molecule has 0 saturated carbocycles. The van der Waals surface area contributed by atoms with E-state index < -0.39 is 11.9 Å². The number of nitrogens with zero attached hydrogens (tertiary/aromatic N) is 4. The highest BCUT2D eigenvalue weighted by molar-refractivity contribution is 5.74. The smallest absolute Gasteiger partial charge is 0.436 e. The number of aromatic nitrogens is 4. The summed E-state index contributed by atoms with van der Waals surface area (Å²) in [6.07, 6.45) is -0.673. The molecule has 0 spiro atoms. The Labute approximate surface area is 116 Å². The van der Waals surface area contributed by atoms with Gasteiger partial charge in [-0.3, -0.25) is 0 Å². The summed E-state index contributed by atoms with van der Waals surface area (Å²) in [6.45, 7) is 0. The monoisotopic (exact) mass is 295 g/mol. The van der Waals surface area contributed by atoms with Crippen LogP contribution in [0.4, 0.5) is 19.0 Å². The molecular weight excluding hydrogens is 287 g/mol. The summed E-state index contributed by atoms with van der Waals surface area (Å²) in [4.78, 5) is 7.68. The zero-order valence-corrected chi connectivity index (χ0v) is 10.4. The molecule has 108 valence electrons. The van der Waals surface area contributed by atoms with Crippen molar-refractivity contribution in [2.75, 3.05) is 5.73 Å². The molecule has 0 atom stereocenters. The maximum absolute atomic E-state index is 13.1. The molecule has 0 saturated heterocycles. The predicted octanol–water partition coefficient (Wildman–Crippen LogP) is 2.52. The quantitative estimate of drug-likeness (QED) is 0.785. The lowest BCUT2D eigenvalue weighted by molar-refractivity contribution is -0.140. The number of halogens is 3. The fourth-order valence-corrected chi connectivity index (χ4v) is 1.85.